The number of rotatable bonds is 9. The van der Waals surface area contributed by atoms with Gasteiger partial charge in [-0.25, -0.2) is 30.5 Å². The van der Waals surface area contributed by atoms with Gasteiger partial charge in [0.1, 0.15) is 5.82 Å². The topological polar surface area (TPSA) is 104 Å². The number of nitrogens with zero attached hydrogens (tertiary/aromatic N) is 2. The molecule has 2 unspecified atom stereocenters. The summed E-state index contributed by atoms with van der Waals surface area (Å²) in [6.45, 7) is 5.06. The number of carbonyl (C=O) groups excluding carboxylic acids is 2. The van der Waals surface area contributed by atoms with E-state index < -0.39 is 66.8 Å². The van der Waals surface area contributed by atoms with Gasteiger partial charge in [0.05, 0.1) is 32.6 Å². The van der Waals surface area contributed by atoms with Crippen molar-refractivity contribution in [2.45, 2.75) is 75.7 Å². The van der Waals surface area contributed by atoms with Crippen LogP contribution in [0.5, 0.6) is 0 Å². The largest absolute Gasteiger partial charge is 0.273 e. The van der Waals surface area contributed by atoms with Gasteiger partial charge in [0, 0.05) is 30.7 Å². The molecule has 0 aromatic heterocycles. The molecule has 3 heterocycles. The van der Waals surface area contributed by atoms with E-state index in [-0.39, 0.29) is 47.7 Å². The van der Waals surface area contributed by atoms with Crippen molar-refractivity contribution in [3.8, 4) is 0 Å². The summed E-state index contributed by atoms with van der Waals surface area (Å²) in [4.78, 5) is 26.4. The van der Waals surface area contributed by atoms with Crippen LogP contribution in [0.25, 0.3) is 0 Å². The minimum absolute atomic E-state index is 0.0541. The number of hydrogen-bond donors (Lipinski definition) is 1. The number of piperidine rings is 1. The number of nitrogens with one attached hydrogen (secondary N) is 1. The zero-order valence-electron chi connectivity index (χ0n) is 23.6. The number of imide groups is 1. The maximum Gasteiger partial charge on any atom is 0.261 e. The lowest BCUT2D eigenvalue weighted by Gasteiger charge is -2.41. The van der Waals surface area contributed by atoms with E-state index in [1.54, 1.807) is 45.0 Å². The number of hydrogen-bond acceptors (Lipinski definition) is 5. The Kier molecular flexibility index (Phi) is 8.42. The summed E-state index contributed by atoms with van der Waals surface area (Å²) in [5, 5.41) is 0. The number of benzene rings is 2. The van der Waals surface area contributed by atoms with Crippen molar-refractivity contribution in [3.05, 3.63) is 70.5 Å². The Labute approximate surface area is 246 Å². The van der Waals surface area contributed by atoms with Crippen LogP contribution >= 0.6 is 0 Å². The Bertz CT molecular complexity index is 1500. The number of carbonyl (C=O) groups is 2. The molecular formula is C29H34F3N3O5S2. The fourth-order valence-electron chi connectivity index (χ4n) is 6.29. The molecule has 0 spiro atoms. The van der Waals surface area contributed by atoms with Gasteiger partial charge in [-0.05, 0) is 82.6 Å². The van der Waals surface area contributed by atoms with E-state index >= 15 is 0 Å². The van der Waals surface area contributed by atoms with E-state index in [4.69, 9.17) is 0 Å². The molecule has 2 bridgehead atoms. The molecule has 42 heavy (non-hydrogen) atoms. The van der Waals surface area contributed by atoms with Crippen molar-refractivity contribution in [2.24, 2.45) is 5.92 Å². The molecule has 228 valence electrons. The van der Waals surface area contributed by atoms with Crippen molar-refractivity contribution >= 4 is 32.8 Å². The highest BCUT2D eigenvalue weighted by atomic mass is 32.2. The summed E-state index contributed by atoms with van der Waals surface area (Å²) < 4.78 is 86.3. The maximum atomic E-state index is 14.6. The minimum Gasteiger partial charge on any atom is -0.273 e. The number of amides is 2. The Morgan fingerprint density at radius 3 is 2.05 bits per heavy atom. The summed E-state index contributed by atoms with van der Waals surface area (Å²) in [6, 6.07) is 6.35. The molecule has 2 amide bonds. The van der Waals surface area contributed by atoms with Crippen LogP contribution in [0.1, 0.15) is 72.7 Å². The predicted molar refractivity (Wildman–Crippen MR) is 152 cm³/mol. The second-order valence-electron chi connectivity index (χ2n) is 12.2. The Morgan fingerprint density at radius 1 is 0.952 bits per heavy atom. The molecule has 3 aliphatic rings. The van der Waals surface area contributed by atoms with Crippen molar-refractivity contribution in [1.29, 1.82) is 0 Å². The van der Waals surface area contributed by atoms with Crippen LogP contribution in [0.3, 0.4) is 0 Å². The average molecular weight is 626 g/mol. The van der Waals surface area contributed by atoms with Crippen LogP contribution in [-0.4, -0.2) is 68.8 Å². The highest BCUT2D eigenvalue weighted by Gasteiger charge is 2.49. The normalized spacial score (nSPS) is 24.2. The molecule has 2 saturated heterocycles. The minimum atomic E-state index is -3.86. The number of fused-ring (bicyclic) bond motifs is 3. The van der Waals surface area contributed by atoms with Crippen molar-refractivity contribution in [2.75, 3.05) is 12.3 Å². The molecule has 1 N–H and O–H groups in total. The fourth-order valence-corrected chi connectivity index (χ4v) is 9.11. The van der Waals surface area contributed by atoms with Gasteiger partial charge in [-0.15, -0.1) is 0 Å². The van der Waals surface area contributed by atoms with E-state index in [1.165, 1.54) is 4.31 Å². The van der Waals surface area contributed by atoms with Crippen LogP contribution in [0.2, 0.25) is 0 Å². The third-order valence-electron chi connectivity index (χ3n) is 8.39. The predicted octanol–water partition coefficient (Wildman–Crippen LogP) is 3.94. The molecule has 13 heteroatoms. The lowest BCUT2D eigenvalue weighted by Crippen LogP contribution is -2.53. The SMILES string of the molecule is CC(C)(C)S(=O)N[C@@H](Cc1cc(F)c(F)cc1F)C1C[C@H]2CC[C@@H](C1)N2S(=O)(=O)CCN1C(=O)c2ccccc2C1=O. The highest BCUT2D eigenvalue weighted by Crippen LogP contribution is 2.42. The summed E-state index contributed by atoms with van der Waals surface area (Å²) in [7, 11) is -5.41. The fraction of sp³-hybridized carbons (Fsp3) is 0.517. The van der Waals surface area contributed by atoms with E-state index in [9.17, 15) is 35.4 Å². The molecule has 3 aliphatic heterocycles. The monoisotopic (exact) mass is 625 g/mol. The van der Waals surface area contributed by atoms with Gasteiger partial charge >= 0.3 is 0 Å². The molecule has 5 atom stereocenters. The zero-order chi connectivity index (χ0) is 30.6. The van der Waals surface area contributed by atoms with E-state index in [0.717, 1.165) is 11.0 Å². The Hall–Kier alpha value is -2.61. The van der Waals surface area contributed by atoms with Gasteiger partial charge in [-0.1, -0.05) is 12.1 Å². The van der Waals surface area contributed by atoms with Gasteiger partial charge < -0.3 is 0 Å². The first-order valence-corrected chi connectivity index (χ1v) is 16.7. The van der Waals surface area contributed by atoms with Crippen molar-refractivity contribution in [1.82, 2.24) is 13.9 Å². The zero-order valence-corrected chi connectivity index (χ0v) is 25.2. The smallest absolute Gasteiger partial charge is 0.261 e. The molecular weight excluding hydrogens is 591 g/mol. The van der Waals surface area contributed by atoms with Crippen LogP contribution in [0.15, 0.2) is 36.4 Å². The third-order valence-corrected chi connectivity index (χ3v) is 12.0. The van der Waals surface area contributed by atoms with Gasteiger partial charge in [0.25, 0.3) is 11.8 Å². The van der Waals surface area contributed by atoms with E-state index in [0.29, 0.717) is 31.7 Å². The average Bonchev–Trinajstić information content (AvgIpc) is 3.34. The molecule has 0 saturated carbocycles. The summed E-state index contributed by atoms with van der Waals surface area (Å²) in [6.07, 6.45) is 1.94. The third kappa shape index (κ3) is 5.93. The first kappa shape index (κ1) is 30.8. The molecule has 2 aromatic carbocycles. The molecule has 5 rings (SSSR count). The van der Waals surface area contributed by atoms with Gasteiger partial charge in [-0.2, -0.15) is 4.31 Å². The second-order valence-corrected chi connectivity index (χ2v) is 16.2. The standard InChI is InChI=1S/C29H34F3N3O5S2/c1-29(2,3)41(38)33-26(15-17-14-24(31)25(32)16-23(17)30)18-12-19-8-9-20(13-18)35(19)42(39,40)11-10-34-27(36)21-6-4-5-7-22(21)28(34)37/h4-7,14,16,18-20,26,33H,8-13,15H2,1-3H3/t18?,19-,20+,26-,41?/m0/s1. The summed E-state index contributed by atoms with van der Waals surface area (Å²) in [5.74, 6) is -5.04. The quantitative estimate of drug-likeness (QED) is 0.336. The van der Waals surface area contributed by atoms with Crippen LogP contribution in [0.4, 0.5) is 13.2 Å². The number of sulfonamides is 1. The lowest BCUT2D eigenvalue weighted by atomic mass is 9.83. The maximum absolute atomic E-state index is 14.6. The molecule has 2 fully saturated rings. The second kappa shape index (κ2) is 11.5. The molecule has 2 aromatic rings. The van der Waals surface area contributed by atoms with Crippen LogP contribution in [0, 0.1) is 23.4 Å². The van der Waals surface area contributed by atoms with E-state index in [2.05, 4.69) is 4.72 Å². The first-order chi connectivity index (χ1) is 19.7. The Morgan fingerprint density at radius 2 is 1.50 bits per heavy atom. The van der Waals surface area contributed by atoms with Crippen LogP contribution < -0.4 is 4.72 Å². The molecule has 0 aliphatic carbocycles. The van der Waals surface area contributed by atoms with Gasteiger partial charge in [0.2, 0.25) is 10.0 Å². The highest BCUT2D eigenvalue weighted by molar-refractivity contribution is 7.89. The number of halogens is 3. The van der Waals surface area contributed by atoms with Gasteiger partial charge in [0.15, 0.2) is 11.6 Å². The van der Waals surface area contributed by atoms with Gasteiger partial charge in [-0.3, -0.25) is 14.5 Å². The van der Waals surface area contributed by atoms with Crippen molar-refractivity contribution in [3.63, 3.8) is 0 Å². The lowest BCUT2D eigenvalue weighted by molar-refractivity contribution is 0.0663. The van der Waals surface area contributed by atoms with Crippen LogP contribution in [-0.2, 0) is 27.4 Å². The Balaban J connectivity index is 1.32. The van der Waals surface area contributed by atoms with E-state index in [1.807, 2.05) is 0 Å². The molecule has 8 nitrogen and oxygen atoms in total. The summed E-state index contributed by atoms with van der Waals surface area (Å²) in [5.41, 5.74) is 0.453. The molecule has 0 radical (unpaired) electrons. The van der Waals surface area contributed by atoms with Crippen molar-refractivity contribution < 1.29 is 35.4 Å². The summed E-state index contributed by atoms with van der Waals surface area (Å²) >= 11 is 0. The first-order valence-electron chi connectivity index (χ1n) is 13.9.